The van der Waals surface area contributed by atoms with Crippen LogP contribution in [-0.4, -0.2) is 40.5 Å². The first-order chi connectivity index (χ1) is 6.00. The van der Waals surface area contributed by atoms with Crippen LogP contribution in [0.2, 0.25) is 0 Å². The van der Waals surface area contributed by atoms with Crippen LogP contribution in [0.5, 0.6) is 0 Å². The molecule has 0 spiro atoms. The average Bonchev–Trinajstić information content (AvgIpc) is 1.41. The van der Waals surface area contributed by atoms with E-state index in [1.54, 1.807) is 0 Å². The van der Waals surface area contributed by atoms with Crippen LogP contribution in [0.25, 0.3) is 0 Å². The van der Waals surface area contributed by atoms with E-state index in [-0.39, 0.29) is 18.0 Å². The second kappa shape index (κ2) is 10.1. The molecule has 0 aliphatic carbocycles. The molecule has 0 radical (unpaired) electrons. The van der Waals surface area contributed by atoms with Gasteiger partial charge in [0.1, 0.15) is 0 Å². The molecule has 0 amide bonds. The summed E-state index contributed by atoms with van der Waals surface area (Å²) in [5.74, 6) is 0. The summed E-state index contributed by atoms with van der Waals surface area (Å²) in [5.41, 5.74) is 0. The van der Waals surface area contributed by atoms with E-state index in [9.17, 15) is 0 Å². The summed E-state index contributed by atoms with van der Waals surface area (Å²) < 4.78 is 96.0. The quantitative estimate of drug-likeness (QED) is 0.152. The van der Waals surface area contributed by atoms with E-state index in [2.05, 4.69) is 0 Å². The summed E-state index contributed by atoms with van der Waals surface area (Å²) in [7, 11) is 0. The number of hydrogen-bond acceptors (Lipinski definition) is 6. The monoisotopic (exact) mass is 570 g/mol. The molecule has 12 nitrogen and oxygen atoms in total. The van der Waals surface area contributed by atoms with Crippen LogP contribution in [0.4, 0.5) is 0 Å². The molecule has 0 saturated carbocycles. The van der Waals surface area contributed by atoms with Gasteiger partial charge in [0, 0.05) is 0 Å². The molecule has 0 aromatic carbocycles. The standard InChI is InChI=1S/AsH3.3Mo.6H2O.6O/h1H3;;;;6*1H2;;;;;;/q;3*+2;;;;;;;;;;;;/p-6. The molecule has 16 heavy (non-hydrogen) atoms. The molecule has 1 unspecified atom stereocenters. The maximum atomic E-state index is 8.85. The summed E-state index contributed by atoms with van der Waals surface area (Å²) >= 11 is -16.6. The van der Waals surface area contributed by atoms with Crippen molar-refractivity contribution in [2.75, 3.05) is 0 Å². The summed E-state index contributed by atoms with van der Waals surface area (Å²) in [6.45, 7) is 0. The fourth-order valence-electron chi connectivity index (χ4n) is 0. The first-order valence-electron chi connectivity index (χ1n) is 2.10. The van der Waals surface area contributed by atoms with Gasteiger partial charge in [-0.2, -0.15) is 0 Å². The molecule has 0 aromatic heterocycles. The van der Waals surface area contributed by atoms with Crippen LogP contribution in [0, 0.1) is 0 Å². The van der Waals surface area contributed by atoms with Crippen LogP contribution in [0.3, 0.4) is 0 Å². The van der Waals surface area contributed by atoms with E-state index in [1.807, 2.05) is 0 Å². The average molecular weight is 564 g/mol. The van der Waals surface area contributed by atoms with Crippen molar-refractivity contribution in [1.82, 2.24) is 0 Å². The number of rotatable bonds is 0. The van der Waals surface area contributed by atoms with Gasteiger partial charge in [0.2, 0.25) is 0 Å². The van der Waals surface area contributed by atoms with Gasteiger partial charge in [-0.15, -0.1) is 0 Å². The van der Waals surface area contributed by atoms with Gasteiger partial charge in [-0.3, -0.25) is 0 Å². The van der Waals surface area contributed by atoms with Crippen LogP contribution in [0.1, 0.15) is 0 Å². The molecule has 0 aliphatic rings. The Hall–Kier alpha value is 1.18. The zero-order chi connectivity index (χ0) is 13.5. The van der Waals surface area contributed by atoms with Gasteiger partial charge in [-0.1, -0.05) is 0 Å². The third kappa shape index (κ3) is 2180. The zero-order valence-electron chi connectivity index (χ0n) is 7.06. The van der Waals surface area contributed by atoms with Crippen LogP contribution in [0.15, 0.2) is 0 Å². The van der Waals surface area contributed by atoms with Crippen molar-refractivity contribution in [3.8, 4) is 0 Å². The van der Waals surface area contributed by atoms with Gasteiger partial charge < -0.3 is 0 Å². The second-order valence-electron chi connectivity index (χ2n) is 1.34. The van der Waals surface area contributed by atoms with Crippen molar-refractivity contribution in [2.45, 2.75) is 0 Å². The molecule has 0 aliphatic heterocycles. The van der Waals surface area contributed by atoms with Gasteiger partial charge in [-0.25, -0.2) is 0 Å². The SMILES string of the molecule is [AsH3].[O]=[Mo](=[O])([OH])[OH].[O]=[Mo](=[O])([OH])[OH].[O]=[Mo](=[O])([OH])[OH]. The molecule has 0 fully saturated rings. The first-order valence-corrected chi connectivity index (χ1v) is 12.4. The minimum absolute atomic E-state index is 0. The normalized spacial score (nSPS) is 10.9. The van der Waals surface area contributed by atoms with E-state index in [4.69, 9.17) is 42.9 Å². The minimum atomic E-state index is -5.52. The molecule has 0 bridgehead atoms. The Labute approximate surface area is 110 Å². The van der Waals surface area contributed by atoms with E-state index < -0.39 is 50.2 Å². The Morgan fingerprint density at radius 3 is 0.438 bits per heavy atom. The Morgan fingerprint density at radius 1 is 0.438 bits per heavy atom. The molecule has 0 saturated heterocycles. The van der Waals surface area contributed by atoms with Crippen molar-refractivity contribution >= 4 is 18.0 Å². The third-order valence-electron chi connectivity index (χ3n) is 0. The molecule has 16 heteroatoms. The summed E-state index contributed by atoms with van der Waals surface area (Å²) in [6, 6.07) is 0. The van der Waals surface area contributed by atoms with Crippen LogP contribution in [-0.2, 0) is 70.6 Å². The predicted molar refractivity (Wildman–Crippen MR) is 27.4 cm³/mol. The van der Waals surface area contributed by atoms with Gasteiger partial charge in [0.15, 0.2) is 0 Å². The Kier molecular flexibility index (Phi) is 16.4. The maximum absolute atomic E-state index is 8.85. The van der Waals surface area contributed by atoms with Crippen LogP contribution < -0.4 is 0 Å². The molecular weight excluding hydrogens is 555 g/mol. The summed E-state index contributed by atoms with van der Waals surface area (Å²) in [5, 5.41) is 0. The first kappa shape index (κ1) is 25.9. The zero-order valence-corrected chi connectivity index (χ0v) is 16.1. The summed E-state index contributed by atoms with van der Waals surface area (Å²) in [4.78, 5) is 0. The molecule has 0 rings (SSSR count). The fourth-order valence-corrected chi connectivity index (χ4v) is 0. The van der Waals surface area contributed by atoms with E-state index in [0.29, 0.717) is 0 Å². The topological polar surface area (TPSA) is 224 Å². The molecule has 0 heterocycles. The van der Waals surface area contributed by atoms with Crippen molar-refractivity contribution < 1.29 is 93.2 Å². The Morgan fingerprint density at radius 2 is 0.438 bits per heavy atom. The predicted octanol–water partition coefficient (Wildman–Crippen LogP) is -5.25. The van der Waals surface area contributed by atoms with Gasteiger partial charge in [-0.05, 0) is 0 Å². The Bertz CT molecular complexity index is 337. The number of hydrogen-bond donors (Lipinski definition) is 6. The van der Waals surface area contributed by atoms with Crippen molar-refractivity contribution in [3.63, 3.8) is 0 Å². The van der Waals surface area contributed by atoms with Crippen molar-refractivity contribution in [1.29, 1.82) is 0 Å². The summed E-state index contributed by atoms with van der Waals surface area (Å²) in [6.07, 6.45) is 0. The second-order valence-corrected chi connectivity index (χ2v) is 7.95. The van der Waals surface area contributed by atoms with Crippen molar-refractivity contribution in [3.05, 3.63) is 0 Å². The molecule has 6 N–H and O–H groups in total. The molecule has 104 valence electrons. The van der Waals surface area contributed by atoms with E-state index in [0.717, 1.165) is 0 Å². The molecular formula is H9AsMo3O12. The van der Waals surface area contributed by atoms with Crippen LogP contribution >= 0.6 is 0 Å². The molecule has 0 aromatic rings. The molecule has 1 atom stereocenters. The van der Waals surface area contributed by atoms with Crippen molar-refractivity contribution in [2.24, 2.45) is 0 Å². The third-order valence-corrected chi connectivity index (χ3v) is 0. The van der Waals surface area contributed by atoms with Gasteiger partial charge >= 0.3 is 111 Å². The van der Waals surface area contributed by atoms with E-state index >= 15 is 0 Å². The fraction of sp³-hybridized carbons (Fsp3) is 0. The van der Waals surface area contributed by atoms with E-state index in [1.165, 1.54) is 0 Å². The van der Waals surface area contributed by atoms with Gasteiger partial charge in [0.05, 0.1) is 0 Å². The van der Waals surface area contributed by atoms with Gasteiger partial charge in [0.25, 0.3) is 0 Å². The Balaban J connectivity index is -0.0000000655.